The van der Waals surface area contributed by atoms with Crippen LogP contribution in [0.1, 0.15) is 27.2 Å². The minimum absolute atomic E-state index is 0.0629. The van der Waals surface area contributed by atoms with Gasteiger partial charge in [-0.25, -0.2) is 4.79 Å². The first-order valence-corrected chi connectivity index (χ1v) is 4.41. The molecule has 1 N–H and O–H groups in total. The van der Waals surface area contributed by atoms with Gasteiger partial charge in [0.05, 0.1) is 7.11 Å². The van der Waals surface area contributed by atoms with Crippen molar-refractivity contribution < 1.29 is 14.3 Å². The number of nitrogens with one attached hydrogen (secondary N) is 1. The van der Waals surface area contributed by atoms with Gasteiger partial charge in [0.2, 0.25) is 5.91 Å². The molecule has 13 heavy (non-hydrogen) atoms. The molecule has 0 fully saturated rings. The molecule has 0 saturated heterocycles. The standard InChI is InChI=1S/C9H17NO3/c1-5-6(2)8(11)10-7(3)9(12)13-4/h6-7H,5H2,1-4H3,(H,10,11)/t6-,7+/m0/s1. The predicted molar refractivity (Wildman–Crippen MR) is 49.1 cm³/mol. The summed E-state index contributed by atoms with van der Waals surface area (Å²) in [4.78, 5) is 22.2. The van der Waals surface area contributed by atoms with Gasteiger partial charge >= 0.3 is 5.97 Å². The predicted octanol–water partition coefficient (Wildman–Crippen LogP) is 0.710. The maximum absolute atomic E-state index is 11.3. The highest BCUT2D eigenvalue weighted by Gasteiger charge is 2.18. The molecule has 0 heterocycles. The zero-order chi connectivity index (χ0) is 10.4. The number of hydrogen-bond donors (Lipinski definition) is 1. The molecule has 4 heteroatoms. The van der Waals surface area contributed by atoms with Crippen molar-refractivity contribution in [2.24, 2.45) is 5.92 Å². The molecule has 0 aromatic rings. The van der Waals surface area contributed by atoms with Crippen molar-refractivity contribution >= 4 is 11.9 Å². The monoisotopic (exact) mass is 187 g/mol. The van der Waals surface area contributed by atoms with E-state index in [9.17, 15) is 9.59 Å². The first-order valence-electron chi connectivity index (χ1n) is 4.41. The molecule has 4 nitrogen and oxygen atoms in total. The molecule has 76 valence electrons. The van der Waals surface area contributed by atoms with Gasteiger partial charge in [-0.3, -0.25) is 4.79 Å². The van der Waals surface area contributed by atoms with E-state index in [-0.39, 0.29) is 11.8 Å². The average molecular weight is 187 g/mol. The summed E-state index contributed by atoms with van der Waals surface area (Å²) in [5.74, 6) is -0.593. The van der Waals surface area contributed by atoms with Gasteiger partial charge in [0.25, 0.3) is 0 Å². The number of amides is 1. The van der Waals surface area contributed by atoms with Gasteiger partial charge in [-0.2, -0.15) is 0 Å². The Morgan fingerprint density at radius 3 is 2.31 bits per heavy atom. The molecule has 0 aliphatic heterocycles. The van der Waals surface area contributed by atoms with E-state index in [1.807, 2.05) is 13.8 Å². The number of methoxy groups -OCH3 is 1. The fraction of sp³-hybridized carbons (Fsp3) is 0.778. The molecule has 0 aliphatic rings. The third-order valence-corrected chi connectivity index (χ3v) is 1.97. The Balaban J connectivity index is 3.98. The van der Waals surface area contributed by atoms with Crippen molar-refractivity contribution in [1.29, 1.82) is 0 Å². The lowest BCUT2D eigenvalue weighted by molar-refractivity contribution is -0.145. The Labute approximate surface area is 78.6 Å². The van der Waals surface area contributed by atoms with E-state index < -0.39 is 12.0 Å². The normalized spacial score (nSPS) is 14.5. The highest BCUT2D eigenvalue weighted by Crippen LogP contribution is 2.00. The Morgan fingerprint density at radius 2 is 1.92 bits per heavy atom. The summed E-state index contributed by atoms with van der Waals surface area (Å²) in [7, 11) is 1.30. The maximum atomic E-state index is 11.3. The number of ether oxygens (including phenoxy) is 1. The number of hydrogen-bond acceptors (Lipinski definition) is 3. The second-order valence-electron chi connectivity index (χ2n) is 3.06. The molecule has 0 spiro atoms. The summed E-state index contributed by atoms with van der Waals surface area (Å²) in [6.45, 7) is 5.35. The van der Waals surface area contributed by atoms with Crippen LogP contribution in [0.25, 0.3) is 0 Å². The van der Waals surface area contributed by atoms with Gasteiger partial charge in [0.15, 0.2) is 0 Å². The van der Waals surface area contributed by atoms with Crippen LogP contribution < -0.4 is 5.32 Å². The van der Waals surface area contributed by atoms with Crippen LogP contribution in [0, 0.1) is 5.92 Å². The molecule has 0 saturated carbocycles. The van der Waals surface area contributed by atoms with Gasteiger partial charge in [-0.15, -0.1) is 0 Å². The molecular formula is C9H17NO3. The maximum Gasteiger partial charge on any atom is 0.328 e. The molecule has 0 aliphatic carbocycles. The summed E-state index contributed by atoms with van der Waals surface area (Å²) in [6.07, 6.45) is 0.764. The summed E-state index contributed by atoms with van der Waals surface area (Å²) >= 11 is 0. The average Bonchev–Trinajstić information content (AvgIpc) is 2.14. The fourth-order valence-electron chi connectivity index (χ4n) is 0.777. The summed E-state index contributed by atoms with van der Waals surface area (Å²) in [6, 6.07) is -0.563. The van der Waals surface area contributed by atoms with E-state index in [1.165, 1.54) is 7.11 Å². The lowest BCUT2D eigenvalue weighted by atomic mass is 10.1. The Kier molecular flexibility index (Phi) is 5.11. The second kappa shape index (κ2) is 5.56. The Bertz CT molecular complexity index is 191. The molecular weight excluding hydrogens is 170 g/mol. The van der Waals surface area contributed by atoms with E-state index in [4.69, 9.17) is 0 Å². The molecule has 2 atom stereocenters. The molecule has 0 unspecified atom stereocenters. The number of esters is 1. The van der Waals surface area contributed by atoms with Crippen molar-refractivity contribution in [2.45, 2.75) is 33.2 Å². The van der Waals surface area contributed by atoms with Gasteiger partial charge < -0.3 is 10.1 Å². The van der Waals surface area contributed by atoms with Crippen molar-refractivity contribution in [1.82, 2.24) is 5.32 Å². The summed E-state index contributed by atoms with van der Waals surface area (Å²) in [5.41, 5.74) is 0. The van der Waals surface area contributed by atoms with Crippen LogP contribution in [0.5, 0.6) is 0 Å². The SMILES string of the molecule is CC[C@H](C)C(=O)N[C@H](C)C(=O)OC. The third kappa shape index (κ3) is 3.92. The van der Waals surface area contributed by atoms with E-state index in [0.29, 0.717) is 0 Å². The van der Waals surface area contributed by atoms with Crippen LogP contribution in [-0.4, -0.2) is 25.0 Å². The molecule has 0 radical (unpaired) electrons. The van der Waals surface area contributed by atoms with Crippen LogP contribution in [0.4, 0.5) is 0 Å². The third-order valence-electron chi connectivity index (χ3n) is 1.97. The van der Waals surface area contributed by atoms with Crippen LogP contribution in [0.15, 0.2) is 0 Å². The largest absolute Gasteiger partial charge is 0.467 e. The minimum atomic E-state index is -0.563. The van der Waals surface area contributed by atoms with E-state index in [1.54, 1.807) is 6.92 Å². The molecule has 0 bridgehead atoms. The lowest BCUT2D eigenvalue weighted by Gasteiger charge is -2.14. The van der Waals surface area contributed by atoms with E-state index in [0.717, 1.165) is 6.42 Å². The highest BCUT2D eigenvalue weighted by atomic mass is 16.5. The smallest absolute Gasteiger partial charge is 0.328 e. The topological polar surface area (TPSA) is 55.4 Å². The van der Waals surface area contributed by atoms with Crippen LogP contribution >= 0.6 is 0 Å². The van der Waals surface area contributed by atoms with E-state index >= 15 is 0 Å². The van der Waals surface area contributed by atoms with Crippen molar-refractivity contribution in [3.63, 3.8) is 0 Å². The van der Waals surface area contributed by atoms with Gasteiger partial charge in [-0.1, -0.05) is 13.8 Å². The first-order chi connectivity index (χ1) is 6.02. The second-order valence-corrected chi connectivity index (χ2v) is 3.06. The summed E-state index contributed by atoms with van der Waals surface area (Å²) < 4.78 is 4.47. The van der Waals surface area contributed by atoms with Crippen LogP contribution in [0.3, 0.4) is 0 Å². The first kappa shape index (κ1) is 11.9. The quantitative estimate of drug-likeness (QED) is 0.659. The molecule has 0 aromatic heterocycles. The van der Waals surface area contributed by atoms with Crippen LogP contribution in [0.2, 0.25) is 0 Å². The zero-order valence-electron chi connectivity index (χ0n) is 8.59. The fourth-order valence-corrected chi connectivity index (χ4v) is 0.777. The van der Waals surface area contributed by atoms with Gasteiger partial charge in [0, 0.05) is 5.92 Å². The zero-order valence-corrected chi connectivity index (χ0v) is 8.59. The highest BCUT2D eigenvalue weighted by molar-refractivity contribution is 5.85. The number of carbonyl (C=O) groups excluding carboxylic acids is 2. The lowest BCUT2D eigenvalue weighted by Crippen LogP contribution is -2.41. The number of rotatable bonds is 4. The Hall–Kier alpha value is -1.06. The molecule has 0 rings (SSSR count). The van der Waals surface area contributed by atoms with Gasteiger partial charge in [0.1, 0.15) is 6.04 Å². The summed E-state index contributed by atoms with van der Waals surface area (Å²) in [5, 5.41) is 2.57. The van der Waals surface area contributed by atoms with Crippen LogP contribution in [-0.2, 0) is 14.3 Å². The van der Waals surface area contributed by atoms with Gasteiger partial charge in [-0.05, 0) is 13.3 Å². The van der Waals surface area contributed by atoms with Crippen molar-refractivity contribution in [3.05, 3.63) is 0 Å². The Morgan fingerprint density at radius 1 is 1.38 bits per heavy atom. The molecule has 0 aromatic carbocycles. The number of carbonyl (C=O) groups is 2. The van der Waals surface area contributed by atoms with E-state index in [2.05, 4.69) is 10.1 Å². The van der Waals surface area contributed by atoms with Crippen molar-refractivity contribution in [2.75, 3.05) is 7.11 Å². The molecule has 1 amide bonds. The van der Waals surface area contributed by atoms with Crippen molar-refractivity contribution in [3.8, 4) is 0 Å². The minimum Gasteiger partial charge on any atom is -0.467 e.